The van der Waals surface area contributed by atoms with Crippen molar-refractivity contribution in [3.63, 3.8) is 0 Å². The van der Waals surface area contributed by atoms with Gasteiger partial charge in [-0.3, -0.25) is 4.79 Å². The lowest BCUT2D eigenvalue weighted by Gasteiger charge is -2.42. The molecule has 0 radical (unpaired) electrons. The third-order valence-corrected chi connectivity index (χ3v) is 12.6. The molecule has 0 N–H and O–H groups in total. The number of carbonyl (C=O) groups is 1. The van der Waals surface area contributed by atoms with Crippen LogP contribution in [0.3, 0.4) is 0 Å². The van der Waals surface area contributed by atoms with E-state index < -0.39 is 8.32 Å². The summed E-state index contributed by atoms with van der Waals surface area (Å²) in [4.78, 5) is 12.9. The topological polar surface area (TPSA) is 35.5 Å². The van der Waals surface area contributed by atoms with Gasteiger partial charge in [0.05, 0.1) is 7.11 Å². The van der Waals surface area contributed by atoms with Gasteiger partial charge in [-0.2, -0.15) is 0 Å². The lowest BCUT2D eigenvalue weighted by Crippen LogP contribution is -2.45. The molecule has 0 amide bonds. The van der Waals surface area contributed by atoms with Crippen LogP contribution >= 0.6 is 0 Å². The van der Waals surface area contributed by atoms with Gasteiger partial charge in [0.25, 0.3) is 0 Å². The van der Waals surface area contributed by atoms with Gasteiger partial charge in [0.15, 0.2) is 8.32 Å². The van der Waals surface area contributed by atoms with Crippen LogP contribution in [-0.4, -0.2) is 27.5 Å². The van der Waals surface area contributed by atoms with Crippen molar-refractivity contribution < 1.29 is 14.0 Å². The maximum atomic E-state index is 12.9. The number of methoxy groups -OCH3 is 1. The van der Waals surface area contributed by atoms with E-state index in [-0.39, 0.29) is 27.9 Å². The first-order valence-electron chi connectivity index (χ1n) is 10.3. The second-order valence-electron chi connectivity index (χ2n) is 10.4. The molecule has 0 saturated heterocycles. The first kappa shape index (κ1) is 18.5. The minimum atomic E-state index is -1.80. The molecule has 4 heteroatoms. The molecule has 0 aliphatic heterocycles. The quantitative estimate of drug-likeness (QED) is 0.481. The Bertz CT molecular complexity index is 711. The number of esters is 1. The van der Waals surface area contributed by atoms with Crippen LogP contribution in [-0.2, 0) is 14.0 Å². The molecule has 0 bridgehead atoms. The molecule has 4 aliphatic rings. The van der Waals surface area contributed by atoms with Gasteiger partial charge in [-0.05, 0) is 74.2 Å². The zero-order valence-electron chi connectivity index (χ0n) is 17.3. The smallest absolute Gasteiger partial charge is 0.317 e. The van der Waals surface area contributed by atoms with Crippen LogP contribution in [0.15, 0.2) is 22.8 Å². The lowest BCUT2D eigenvalue weighted by atomic mass is 9.77. The highest BCUT2D eigenvalue weighted by atomic mass is 28.4. The molecule has 0 aromatic carbocycles. The zero-order chi connectivity index (χ0) is 19.0. The molecule has 0 heterocycles. The highest BCUT2D eigenvalue weighted by Gasteiger charge is 2.80. The van der Waals surface area contributed by atoms with Crippen molar-refractivity contribution in [3.8, 4) is 0 Å². The molecule has 1 spiro atoms. The van der Waals surface area contributed by atoms with E-state index in [1.807, 2.05) is 0 Å². The van der Waals surface area contributed by atoms with Crippen LogP contribution in [0, 0.1) is 10.8 Å². The Hall–Kier alpha value is -0.873. The average molecular weight is 375 g/mol. The molecule has 0 aromatic rings. The fourth-order valence-electron chi connectivity index (χ4n) is 5.74. The Labute approximate surface area is 159 Å². The van der Waals surface area contributed by atoms with Gasteiger partial charge >= 0.3 is 5.97 Å². The van der Waals surface area contributed by atoms with Crippen molar-refractivity contribution in [1.82, 2.24) is 0 Å². The van der Waals surface area contributed by atoms with Gasteiger partial charge in [0.1, 0.15) is 5.41 Å². The summed E-state index contributed by atoms with van der Waals surface area (Å²) in [6, 6.07) is 0. The van der Waals surface area contributed by atoms with Crippen LogP contribution < -0.4 is 0 Å². The van der Waals surface area contributed by atoms with E-state index in [9.17, 15) is 4.79 Å². The highest BCUT2D eigenvalue weighted by molar-refractivity contribution is 6.74. The number of ether oxygens (including phenoxy) is 1. The van der Waals surface area contributed by atoms with E-state index in [2.05, 4.69) is 39.9 Å². The summed E-state index contributed by atoms with van der Waals surface area (Å²) in [6.07, 6.45) is 10.3. The van der Waals surface area contributed by atoms with Gasteiger partial charge in [0.2, 0.25) is 0 Å². The number of hydrogen-bond acceptors (Lipinski definition) is 3. The van der Waals surface area contributed by atoms with E-state index in [1.165, 1.54) is 17.6 Å². The zero-order valence-corrected chi connectivity index (χ0v) is 18.3. The van der Waals surface area contributed by atoms with E-state index >= 15 is 0 Å². The number of allylic oxidation sites excluding steroid dienone is 3. The standard InChI is InChI=1S/C22H34O3Si/c1-20(2,3)26(5,6)25-15-11-12-17-16-9-7-8-10-18(16)22(19(23)24-4)14-21(17,22)13-15/h10,15H,7-9,11-14H2,1-6H3/t15?,21-,22+/m1/s1. The molecule has 1 unspecified atom stereocenters. The maximum Gasteiger partial charge on any atom is 0.317 e. The molecule has 2 fully saturated rings. The molecule has 4 aliphatic carbocycles. The Morgan fingerprint density at radius 3 is 2.65 bits per heavy atom. The summed E-state index contributed by atoms with van der Waals surface area (Å²) in [5, 5.41) is 0.221. The number of carbonyl (C=O) groups excluding carboxylic acids is 1. The lowest BCUT2D eigenvalue weighted by molar-refractivity contribution is -0.146. The molecule has 0 aromatic heterocycles. The average Bonchev–Trinajstić information content (AvgIpc) is 3.15. The Morgan fingerprint density at radius 1 is 1.27 bits per heavy atom. The maximum absolute atomic E-state index is 12.9. The summed E-state index contributed by atoms with van der Waals surface area (Å²) in [7, 11) is -0.243. The molecular weight excluding hydrogens is 340 g/mol. The first-order chi connectivity index (χ1) is 12.1. The summed E-state index contributed by atoms with van der Waals surface area (Å²) in [5.74, 6) is -0.00822. The van der Waals surface area contributed by atoms with Crippen molar-refractivity contribution in [1.29, 1.82) is 0 Å². The molecular formula is C22H34O3Si. The first-order valence-corrected chi connectivity index (χ1v) is 13.2. The summed E-state index contributed by atoms with van der Waals surface area (Å²) >= 11 is 0. The molecule has 2 saturated carbocycles. The molecule has 3 atom stereocenters. The number of fused-ring (bicyclic) bond motifs is 2. The fraction of sp³-hybridized carbons (Fsp3) is 0.773. The Balaban J connectivity index is 1.66. The van der Waals surface area contributed by atoms with Gasteiger partial charge in [0, 0.05) is 11.5 Å². The largest absolute Gasteiger partial charge is 0.468 e. The monoisotopic (exact) mass is 374 g/mol. The molecule has 144 valence electrons. The highest BCUT2D eigenvalue weighted by Crippen LogP contribution is 2.82. The second kappa shape index (κ2) is 5.57. The van der Waals surface area contributed by atoms with Crippen LogP contribution in [0.2, 0.25) is 18.1 Å². The Morgan fingerprint density at radius 2 is 2.00 bits per heavy atom. The van der Waals surface area contributed by atoms with Crippen molar-refractivity contribution >= 4 is 14.3 Å². The van der Waals surface area contributed by atoms with Crippen LogP contribution in [0.4, 0.5) is 0 Å². The summed E-state index contributed by atoms with van der Waals surface area (Å²) in [6.45, 7) is 11.6. The van der Waals surface area contributed by atoms with Crippen molar-refractivity contribution in [2.45, 2.75) is 90.0 Å². The predicted molar refractivity (Wildman–Crippen MR) is 106 cm³/mol. The summed E-state index contributed by atoms with van der Waals surface area (Å²) in [5.41, 5.74) is 4.07. The fourth-order valence-corrected chi connectivity index (χ4v) is 7.13. The van der Waals surface area contributed by atoms with Crippen LogP contribution in [0.1, 0.15) is 65.7 Å². The van der Waals surface area contributed by atoms with Crippen molar-refractivity contribution in [3.05, 3.63) is 22.8 Å². The Kier molecular flexibility index (Phi) is 3.96. The molecule has 4 rings (SSSR count). The third kappa shape index (κ3) is 2.24. The SMILES string of the molecule is COC(=O)[C@@]12C[C@@]13CC(O[Si](C)(C)C(C)(C)C)CCC3=C1CCCC=C12. The van der Waals surface area contributed by atoms with Gasteiger partial charge < -0.3 is 9.16 Å². The van der Waals surface area contributed by atoms with E-state index in [1.54, 1.807) is 12.7 Å². The number of hydrogen-bond donors (Lipinski definition) is 0. The van der Waals surface area contributed by atoms with Gasteiger partial charge in [-0.15, -0.1) is 0 Å². The van der Waals surface area contributed by atoms with E-state index in [0.29, 0.717) is 0 Å². The minimum absolute atomic E-state index is 0.00822. The van der Waals surface area contributed by atoms with Gasteiger partial charge in [-0.1, -0.05) is 32.4 Å². The van der Waals surface area contributed by atoms with Gasteiger partial charge in [-0.25, -0.2) is 0 Å². The van der Waals surface area contributed by atoms with E-state index in [4.69, 9.17) is 9.16 Å². The molecule has 26 heavy (non-hydrogen) atoms. The summed E-state index contributed by atoms with van der Waals surface area (Å²) < 4.78 is 12.1. The minimum Gasteiger partial charge on any atom is -0.468 e. The number of rotatable bonds is 3. The van der Waals surface area contributed by atoms with E-state index in [0.717, 1.165) is 38.5 Å². The second-order valence-corrected chi connectivity index (χ2v) is 15.1. The van der Waals surface area contributed by atoms with Crippen LogP contribution in [0.5, 0.6) is 0 Å². The predicted octanol–water partition coefficient (Wildman–Crippen LogP) is 5.53. The van der Waals surface area contributed by atoms with Crippen molar-refractivity contribution in [2.75, 3.05) is 7.11 Å². The third-order valence-electron chi connectivity index (χ3n) is 8.06. The van der Waals surface area contributed by atoms with Crippen LogP contribution in [0.25, 0.3) is 0 Å². The molecule has 3 nitrogen and oxygen atoms in total. The van der Waals surface area contributed by atoms with Crippen molar-refractivity contribution in [2.24, 2.45) is 10.8 Å². The normalized spacial score (nSPS) is 36.1.